The van der Waals surface area contributed by atoms with Crippen molar-refractivity contribution < 1.29 is 4.79 Å². The fourth-order valence-corrected chi connectivity index (χ4v) is 2.42. The van der Waals surface area contributed by atoms with Gasteiger partial charge in [-0.25, -0.2) is 0 Å². The van der Waals surface area contributed by atoms with Crippen molar-refractivity contribution in [1.29, 1.82) is 5.26 Å². The zero-order valence-corrected chi connectivity index (χ0v) is 11.4. The first-order valence-corrected chi connectivity index (χ1v) is 6.51. The van der Waals surface area contributed by atoms with Gasteiger partial charge >= 0.3 is 0 Å². The Morgan fingerprint density at radius 2 is 2.26 bits per heavy atom. The Hall–Kier alpha value is -1.87. The normalized spacial score (nSPS) is 17.1. The van der Waals surface area contributed by atoms with Crippen molar-refractivity contribution in [3.8, 4) is 6.07 Å². The molecule has 0 saturated carbocycles. The molecule has 0 atom stereocenters. The topological polar surface area (TPSA) is 74.0 Å². The molecule has 6 nitrogen and oxygen atoms in total. The van der Waals surface area contributed by atoms with Gasteiger partial charge in [-0.3, -0.25) is 14.4 Å². The third-order valence-corrected chi connectivity index (χ3v) is 3.45. The van der Waals surface area contributed by atoms with Crippen molar-refractivity contribution in [1.82, 2.24) is 20.0 Å². The van der Waals surface area contributed by atoms with Crippen LogP contribution in [-0.4, -0.2) is 46.3 Å². The van der Waals surface area contributed by atoms with Crippen molar-refractivity contribution in [3.05, 3.63) is 17.5 Å². The standard InChI is InChI=1S/C13H19N5O/c1-10-9-12(17(2)16-10)13(19)15-11-3-6-18(7-4-11)8-5-14/h9,11H,3-4,6-8H2,1-2H3,(H,15,19). The van der Waals surface area contributed by atoms with Crippen molar-refractivity contribution in [2.75, 3.05) is 19.6 Å². The number of amides is 1. The second kappa shape index (κ2) is 5.85. The van der Waals surface area contributed by atoms with Gasteiger partial charge in [0.25, 0.3) is 5.91 Å². The van der Waals surface area contributed by atoms with Crippen LogP contribution in [-0.2, 0) is 7.05 Å². The number of likely N-dealkylation sites (tertiary alicyclic amines) is 1. The van der Waals surface area contributed by atoms with E-state index in [9.17, 15) is 4.79 Å². The van der Waals surface area contributed by atoms with E-state index in [4.69, 9.17) is 5.26 Å². The molecule has 0 bridgehead atoms. The number of carbonyl (C=O) groups excluding carboxylic acids is 1. The first-order valence-electron chi connectivity index (χ1n) is 6.51. The van der Waals surface area contributed by atoms with E-state index in [-0.39, 0.29) is 11.9 Å². The van der Waals surface area contributed by atoms with E-state index in [1.54, 1.807) is 17.8 Å². The maximum Gasteiger partial charge on any atom is 0.269 e. The SMILES string of the molecule is Cc1cc(C(=O)NC2CCN(CC#N)CC2)n(C)n1. The maximum atomic E-state index is 12.1. The average Bonchev–Trinajstić information content (AvgIpc) is 2.71. The lowest BCUT2D eigenvalue weighted by molar-refractivity contribution is 0.0905. The number of hydrogen-bond donors (Lipinski definition) is 1. The maximum absolute atomic E-state index is 12.1. The van der Waals surface area contributed by atoms with Gasteiger partial charge in [0.1, 0.15) is 5.69 Å². The van der Waals surface area contributed by atoms with Crippen LogP contribution in [0.25, 0.3) is 0 Å². The molecule has 1 aromatic rings. The predicted molar refractivity (Wildman–Crippen MR) is 70.5 cm³/mol. The van der Waals surface area contributed by atoms with Crippen molar-refractivity contribution in [2.45, 2.75) is 25.8 Å². The van der Waals surface area contributed by atoms with Gasteiger partial charge in [-0.15, -0.1) is 0 Å². The number of rotatable bonds is 3. The molecule has 1 N–H and O–H groups in total. The average molecular weight is 261 g/mol. The molecule has 0 radical (unpaired) electrons. The van der Waals surface area contributed by atoms with Gasteiger partial charge in [-0.1, -0.05) is 0 Å². The number of carbonyl (C=O) groups is 1. The number of nitrogens with zero attached hydrogens (tertiary/aromatic N) is 4. The Morgan fingerprint density at radius 1 is 1.58 bits per heavy atom. The quantitative estimate of drug-likeness (QED) is 0.802. The fourth-order valence-electron chi connectivity index (χ4n) is 2.42. The molecule has 1 saturated heterocycles. The second-order valence-electron chi connectivity index (χ2n) is 4.98. The van der Waals surface area contributed by atoms with Crippen LogP contribution in [0.3, 0.4) is 0 Å². The minimum absolute atomic E-state index is 0.0677. The Labute approximate surface area is 113 Å². The van der Waals surface area contributed by atoms with Crippen LogP contribution in [0.4, 0.5) is 0 Å². The van der Waals surface area contributed by atoms with Gasteiger partial charge in [-0.2, -0.15) is 10.4 Å². The minimum atomic E-state index is -0.0677. The Bertz CT molecular complexity index is 494. The molecule has 0 unspecified atom stereocenters. The molecule has 6 heteroatoms. The summed E-state index contributed by atoms with van der Waals surface area (Å²) in [4.78, 5) is 14.2. The molecule has 0 spiro atoms. The molecule has 0 aromatic carbocycles. The first kappa shape index (κ1) is 13.6. The third-order valence-electron chi connectivity index (χ3n) is 3.45. The zero-order chi connectivity index (χ0) is 13.8. The summed E-state index contributed by atoms with van der Waals surface area (Å²) in [6.07, 6.45) is 1.79. The number of aromatic nitrogens is 2. The second-order valence-corrected chi connectivity index (χ2v) is 4.98. The highest BCUT2D eigenvalue weighted by Crippen LogP contribution is 2.11. The first-order chi connectivity index (χ1) is 9.10. The molecule has 1 amide bonds. The monoisotopic (exact) mass is 261 g/mol. The molecule has 1 aliphatic rings. The number of nitriles is 1. The summed E-state index contributed by atoms with van der Waals surface area (Å²) in [5.74, 6) is -0.0677. The van der Waals surface area contributed by atoms with Crippen molar-refractivity contribution >= 4 is 5.91 Å². The van der Waals surface area contributed by atoms with E-state index in [1.807, 2.05) is 6.92 Å². The summed E-state index contributed by atoms with van der Waals surface area (Å²) in [7, 11) is 1.78. The van der Waals surface area contributed by atoms with Crippen LogP contribution < -0.4 is 5.32 Å². The fraction of sp³-hybridized carbons (Fsp3) is 0.615. The predicted octanol–water partition coefficient (Wildman–Crippen LogP) is 0.446. The molecule has 102 valence electrons. The van der Waals surface area contributed by atoms with E-state index in [0.29, 0.717) is 12.2 Å². The van der Waals surface area contributed by atoms with Crippen molar-refractivity contribution in [2.24, 2.45) is 7.05 Å². The molecule has 19 heavy (non-hydrogen) atoms. The largest absolute Gasteiger partial charge is 0.348 e. The van der Waals surface area contributed by atoms with E-state index in [2.05, 4.69) is 21.4 Å². The molecule has 1 aromatic heterocycles. The van der Waals surface area contributed by atoms with Crippen LogP contribution >= 0.6 is 0 Å². The summed E-state index contributed by atoms with van der Waals surface area (Å²) >= 11 is 0. The summed E-state index contributed by atoms with van der Waals surface area (Å²) in [6.45, 7) is 4.07. The zero-order valence-electron chi connectivity index (χ0n) is 11.4. The van der Waals surface area contributed by atoms with Gasteiger partial charge in [0.2, 0.25) is 0 Å². The number of aryl methyl sites for hydroxylation is 2. The van der Waals surface area contributed by atoms with Gasteiger partial charge < -0.3 is 5.32 Å². The summed E-state index contributed by atoms with van der Waals surface area (Å²) in [5, 5.41) is 15.9. The molecule has 1 fully saturated rings. The Morgan fingerprint density at radius 3 is 2.79 bits per heavy atom. The van der Waals surface area contributed by atoms with E-state index < -0.39 is 0 Å². The molecule has 0 aliphatic carbocycles. The van der Waals surface area contributed by atoms with E-state index >= 15 is 0 Å². The van der Waals surface area contributed by atoms with Crippen LogP contribution in [0.2, 0.25) is 0 Å². The van der Waals surface area contributed by atoms with E-state index in [0.717, 1.165) is 31.6 Å². The highest BCUT2D eigenvalue weighted by Gasteiger charge is 2.22. The van der Waals surface area contributed by atoms with Gasteiger partial charge in [0.15, 0.2) is 0 Å². The molecule has 2 heterocycles. The highest BCUT2D eigenvalue weighted by atomic mass is 16.2. The highest BCUT2D eigenvalue weighted by molar-refractivity contribution is 5.92. The molecule has 2 rings (SSSR count). The van der Waals surface area contributed by atoms with E-state index in [1.165, 1.54) is 0 Å². The van der Waals surface area contributed by atoms with Gasteiger partial charge in [0, 0.05) is 26.2 Å². The minimum Gasteiger partial charge on any atom is -0.348 e. The number of nitrogens with one attached hydrogen (secondary N) is 1. The number of piperidine rings is 1. The van der Waals surface area contributed by atoms with Gasteiger partial charge in [0.05, 0.1) is 18.3 Å². The van der Waals surface area contributed by atoms with Crippen LogP contribution in [0, 0.1) is 18.3 Å². The van der Waals surface area contributed by atoms with Crippen LogP contribution in [0.5, 0.6) is 0 Å². The van der Waals surface area contributed by atoms with Gasteiger partial charge in [-0.05, 0) is 25.8 Å². The van der Waals surface area contributed by atoms with Crippen LogP contribution in [0.15, 0.2) is 6.07 Å². The summed E-state index contributed by atoms with van der Waals surface area (Å²) in [6, 6.07) is 4.14. The molecule has 1 aliphatic heterocycles. The molecular formula is C13H19N5O. The summed E-state index contributed by atoms with van der Waals surface area (Å²) < 4.78 is 1.61. The lowest BCUT2D eigenvalue weighted by atomic mass is 10.0. The Balaban J connectivity index is 1.88. The smallest absolute Gasteiger partial charge is 0.269 e. The third kappa shape index (κ3) is 3.32. The molecular weight excluding hydrogens is 242 g/mol. The summed E-state index contributed by atoms with van der Waals surface area (Å²) in [5.41, 5.74) is 1.44. The van der Waals surface area contributed by atoms with Crippen LogP contribution in [0.1, 0.15) is 29.0 Å². The van der Waals surface area contributed by atoms with Crippen molar-refractivity contribution in [3.63, 3.8) is 0 Å². The Kier molecular flexibility index (Phi) is 4.17. The lowest BCUT2D eigenvalue weighted by Gasteiger charge is -2.30. The lowest BCUT2D eigenvalue weighted by Crippen LogP contribution is -2.45. The number of hydrogen-bond acceptors (Lipinski definition) is 4.